The lowest BCUT2D eigenvalue weighted by Gasteiger charge is -2.22. The molecule has 1 saturated carbocycles. The highest BCUT2D eigenvalue weighted by Crippen LogP contribution is 2.34. The predicted molar refractivity (Wildman–Crippen MR) is 158 cm³/mol. The number of hydrogen-bond donors (Lipinski definition) is 1. The van der Waals surface area contributed by atoms with Gasteiger partial charge in [-0.15, -0.1) is 0 Å². The summed E-state index contributed by atoms with van der Waals surface area (Å²) in [5.74, 6) is 3.34. The maximum absolute atomic E-state index is 11.7. The number of carbonyl (C=O) groups is 1. The zero-order valence-electron chi connectivity index (χ0n) is 24.5. The van der Waals surface area contributed by atoms with Crippen LogP contribution in [-0.4, -0.2) is 40.4 Å². The van der Waals surface area contributed by atoms with Crippen molar-refractivity contribution in [3.05, 3.63) is 53.0 Å². The lowest BCUT2D eigenvalue weighted by molar-refractivity contribution is -0.118. The summed E-state index contributed by atoms with van der Waals surface area (Å²) in [6, 6.07) is 8.88. The van der Waals surface area contributed by atoms with Crippen LogP contribution in [0.1, 0.15) is 109 Å². The van der Waals surface area contributed by atoms with Crippen LogP contribution in [0.25, 0.3) is 5.57 Å². The van der Waals surface area contributed by atoms with Gasteiger partial charge in [0.25, 0.3) is 0 Å². The molecule has 0 atom stereocenters. The number of benzene rings is 1. The Hall–Kier alpha value is -2.57. The van der Waals surface area contributed by atoms with Gasteiger partial charge in [0.05, 0.1) is 25.5 Å². The van der Waals surface area contributed by atoms with Crippen LogP contribution in [0, 0.1) is 5.92 Å². The third kappa shape index (κ3) is 8.74. The maximum Gasteiger partial charge on any atom is 0.157 e. The zero-order valence-corrected chi connectivity index (χ0v) is 24.5. The minimum atomic E-state index is 0.172. The Morgan fingerprint density at radius 1 is 1.05 bits per heavy atom. The van der Waals surface area contributed by atoms with E-state index in [1.807, 2.05) is 13.8 Å². The smallest absolute Gasteiger partial charge is 0.157 e. The number of rotatable bonds is 6. The highest BCUT2D eigenvalue weighted by Gasteiger charge is 2.27. The molecule has 3 aliphatic rings. The molecule has 2 aromatic rings. The Morgan fingerprint density at radius 3 is 2.34 bits per heavy atom. The van der Waals surface area contributed by atoms with Crippen molar-refractivity contribution in [1.29, 1.82) is 0 Å². The summed E-state index contributed by atoms with van der Waals surface area (Å²) in [6.07, 6.45) is 9.58. The van der Waals surface area contributed by atoms with Crippen molar-refractivity contribution >= 4 is 22.9 Å². The van der Waals surface area contributed by atoms with Crippen LogP contribution in [0.5, 0.6) is 0 Å². The number of hydrogen-bond acceptors (Lipinski definition) is 6. The van der Waals surface area contributed by atoms with E-state index in [0.717, 1.165) is 46.5 Å². The van der Waals surface area contributed by atoms with Crippen molar-refractivity contribution in [3.63, 3.8) is 0 Å². The minimum absolute atomic E-state index is 0.172. The Kier molecular flexibility index (Phi) is 11.9. The predicted octanol–water partition coefficient (Wildman–Crippen LogP) is 7.66. The van der Waals surface area contributed by atoms with Crippen molar-refractivity contribution in [2.24, 2.45) is 5.92 Å². The fourth-order valence-corrected chi connectivity index (χ4v) is 5.13. The first-order valence-electron chi connectivity index (χ1n) is 14.6. The van der Waals surface area contributed by atoms with Gasteiger partial charge in [0.15, 0.2) is 5.82 Å². The Morgan fingerprint density at radius 2 is 1.74 bits per heavy atom. The van der Waals surface area contributed by atoms with Crippen molar-refractivity contribution in [1.82, 2.24) is 14.9 Å². The summed E-state index contributed by atoms with van der Waals surface area (Å²) in [7, 11) is 0. The summed E-state index contributed by atoms with van der Waals surface area (Å²) in [4.78, 5) is 23.6. The lowest BCUT2D eigenvalue weighted by Crippen LogP contribution is -2.22. The molecule has 0 spiro atoms. The van der Waals surface area contributed by atoms with E-state index in [1.165, 1.54) is 37.7 Å². The molecule has 5 rings (SSSR count). The number of carbonyl (C=O) groups excluding carboxylic acids is 1. The molecule has 6 heteroatoms. The maximum atomic E-state index is 11.7. The third-order valence-electron chi connectivity index (χ3n) is 6.79. The van der Waals surface area contributed by atoms with Crippen molar-refractivity contribution in [3.8, 4) is 0 Å². The summed E-state index contributed by atoms with van der Waals surface area (Å²) in [5.41, 5.74) is 5.75. The molecule has 1 fully saturated rings. The van der Waals surface area contributed by atoms with E-state index in [2.05, 4.69) is 61.3 Å². The molecule has 6 nitrogen and oxygen atoms in total. The molecular weight excluding hydrogens is 472 g/mol. The van der Waals surface area contributed by atoms with Gasteiger partial charge in [0.1, 0.15) is 11.6 Å². The van der Waals surface area contributed by atoms with Crippen LogP contribution >= 0.6 is 0 Å². The van der Waals surface area contributed by atoms with Gasteiger partial charge in [-0.25, -0.2) is 9.97 Å². The molecule has 1 N–H and O–H groups in total. The summed E-state index contributed by atoms with van der Waals surface area (Å²) in [5, 5.41) is 3.57. The number of Topliss-reactive ketones (excluding diaryl/α,β-unsaturated/α-hetero) is 1. The van der Waals surface area contributed by atoms with E-state index in [9.17, 15) is 4.79 Å². The Bertz CT molecular complexity index is 1050. The second-order valence-electron chi connectivity index (χ2n) is 11.0. The molecule has 208 valence electrons. The largest absolute Gasteiger partial charge is 0.377 e. The molecule has 2 aliphatic heterocycles. The second kappa shape index (κ2) is 15.1. The molecule has 0 radical (unpaired) electrons. The lowest BCUT2D eigenvalue weighted by atomic mass is 9.84. The van der Waals surface area contributed by atoms with Crippen LogP contribution in [-0.2, 0) is 22.6 Å². The highest BCUT2D eigenvalue weighted by molar-refractivity contribution is 5.77. The molecular formula is C32H48N4O2. The number of ether oxygens (including phenoxy) is 1. The van der Waals surface area contributed by atoms with Gasteiger partial charge in [0.2, 0.25) is 0 Å². The van der Waals surface area contributed by atoms with E-state index in [-0.39, 0.29) is 5.78 Å². The summed E-state index contributed by atoms with van der Waals surface area (Å²) >= 11 is 0. The molecule has 0 bridgehead atoms. The van der Waals surface area contributed by atoms with E-state index in [1.54, 1.807) is 6.92 Å². The monoisotopic (exact) mass is 520 g/mol. The van der Waals surface area contributed by atoms with Gasteiger partial charge in [-0.05, 0) is 61.3 Å². The molecule has 1 aliphatic carbocycles. The topological polar surface area (TPSA) is 67.4 Å². The summed E-state index contributed by atoms with van der Waals surface area (Å²) < 4.78 is 5.47. The molecule has 0 amide bonds. The van der Waals surface area contributed by atoms with Crippen molar-refractivity contribution in [2.75, 3.05) is 25.1 Å². The SMILES string of the molecule is CC.CC(=O)CN1Cc2nc(C3=CCOCC3)nc(Nc3ccc(C4CCCCC4)cc3)c2C1.CC(C)C. The van der Waals surface area contributed by atoms with Crippen LogP contribution in [0.15, 0.2) is 30.3 Å². The van der Waals surface area contributed by atoms with Gasteiger partial charge in [0, 0.05) is 24.3 Å². The average molecular weight is 521 g/mol. The third-order valence-corrected chi connectivity index (χ3v) is 6.79. The van der Waals surface area contributed by atoms with Gasteiger partial charge in [-0.1, -0.05) is 72.1 Å². The van der Waals surface area contributed by atoms with Gasteiger partial charge >= 0.3 is 0 Å². The van der Waals surface area contributed by atoms with Crippen molar-refractivity contribution in [2.45, 2.75) is 99.1 Å². The molecule has 3 heterocycles. The fourth-order valence-electron chi connectivity index (χ4n) is 5.13. The van der Waals surface area contributed by atoms with Gasteiger partial charge in [-0.2, -0.15) is 0 Å². The van der Waals surface area contributed by atoms with Gasteiger partial charge in [-0.3, -0.25) is 9.69 Å². The van der Waals surface area contributed by atoms with Crippen LogP contribution in [0.2, 0.25) is 0 Å². The molecule has 38 heavy (non-hydrogen) atoms. The quantitative estimate of drug-likeness (QED) is 0.422. The van der Waals surface area contributed by atoms with Gasteiger partial charge < -0.3 is 10.1 Å². The first-order valence-corrected chi connectivity index (χ1v) is 14.6. The number of ketones is 1. The van der Waals surface area contributed by atoms with E-state index < -0.39 is 0 Å². The first-order chi connectivity index (χ1) is 18.4. The Labute approximate surface area is 230 Å². The highest BCUT2D eigenvalue weighted by atomic mass is 16.5. The minimum Gasteiger partial charge on any atom is -0.377 e. The number of nitrogens with zero attached hydrogens (tertiary/aromatic N) is 3. The molecule has 0 saturated heterocycles. The average Bonchev–Trinajstić information content (AvgIpc) is 3.33. The Balaban J connectivity index is 0.000000612. The molecule has 1 aromatic heterocycles. The standard InChI is InChI=1S/C26H32N4O2.C4H10.C2H6/c1-18(31)15-30-16-23-24(17-30)28-25(21-11-13-32-14-12-21)29-26(23)27-22-9-7-20(8-10-22)19-5-3-2-4-6-19;1-4(2)3;1-2/h7-11,19H,2-6,12-17H2,1H3,(H,27,28,29);4H,1-3H3;1-2H3. The normalized spacial score (nSPS) is 17.5. The number of nitrogens with one attached hydrogen (secondary N) is 1. The molecule has 0 unspecified atom stereocenters. The fraction of sp³-hybridized carbons (Fsp3) is 0.594. The van der Waals surface area contributed by atoms with Crippen LogP contribution in [0.4, 0.5) is 11.5 Å². The summed E-state index contributed by atoms with van der Waals surface area (Å²) in [6.45, 7) is 15.3. The zero-order chi connectivity index (χ0) is 27.5. The van der Waals surface area contributed by atoms with Crippen LogP contribution < -0.4 is 5.32 Å². The van der Waals surface area contributed by atoms with E-state index >= 15 is 0 Å². The number of fused-ring (bicyclic) bond motifs is 1. The van der Waals surface area contributed by atoms with Crippen LogP contribution in [0.3, 0.4) is 0 Å². The van der Waals surface area contributed by atoms with E-state index in [4.69, 9.17) is 14.7 Å². The van der Waals surface area contributed by atoms with E-state index in [0.29, 0.717) is 38.8 Å². The number of anilines is 2. The van der Waals surface area contributed by atoms with Crippen molar-refractivity contribution < 1.29 is 9.53 Å². The number of aromatic nitrogens is 2. The second-order valence-corrected chi connectivity index (χ2v) is 11.0. The molecule has 1 aromatic carbocycles. The first kappa shape index (κ1) is 30.0.